The maximum absolute atomic E-state index is 14.0. The van der Waals surface area contributed by atoms with Crippen LogP contribution in [-0.2, 0) is 5.60 Å². The highest BCUT2D eigenvalue weighted by Gasteiger charge is 2.37. The van der Waals surface area contributed by atoms with Gasteiger partial charge in [0.1, 0.15) is 28.3 Å². The number of aromatic nitrogens is 1. The molecule has 130 valence electrons. The third-order valence-corrected chi connectivity index (χ3v) is 4.66. The highest BCUT2D eigenvalue weighted by molar-refractivity contribution is 7.10. The lowest BCUT2D eigenvalue weighted by Crippen LogP contribution is -2.32. The number of benzene rings is 2. The van der Waals surface area contributed by atoms with E-state index in [1.54, 1.807) is 0 Å². The Hall–Kier alpha value is -2.29. The number of nitrogens with zero attached hydrogens (tertiary/aromatic N) is 1. The van der Waals surface area contributed by atoms with Crippen LogP contribution in [-0.4, -0.2) is 21.8 Å². The second-order valence-corrected chi connectivity index (χ2v) is 6.16. The first-order valence-corrected chi connectivity index (χ1v) is 7.93. The van der Waals surface area contributed by atoms with Crippen molar-refractivity contribution in [2.24, 2.45) is 0 Å². The average Bonchev–Trinajstić information content (AvgIpc) is 3.04. The van der Waals surface area contributed by atoms with Gasteiger partial charge in [-0.05, 0) is 24.3 Å². The molecule has 0 saturated heterocycles. The van der Waals surface area contributed by atoms with Crippen molar-refractivity contribution in [2.75, 3.05) is 6.61 Å². The number of aliphatic hydroxyl groups excluding tert-OH is 1. The Morgan fingerprint density at radius 1 is 0.960 bits per heavy atom. The van der Waals surface area contributed by atoms with Crippen LogP contribution in [0, 0.1) is 23.3 Å². The van der Waals surface area contributed by atoms with Crippen molar-refractivity contribution in [1.29, 1.82) is 0 Å². The van der Waals surface area contributed by atoms with E-state index in [-0.39, 0.29) is 21.8 Å². The molecule has 1 aromatic heterocycles. The van der Waals surface area contributed by atoms with Crippen molar-refractivity contribution in [3.63, 3.8) is 0 Å². The van der Waals surface area contributed by atoms with Crippen LogP contribution in [0.25, 0.3) is 11.3 Å². The summed E-state index contributed by atoms with van der Waals surface area (Å²) in [6.45, 7) is -0.922. The third-order valence-electron chi connectivity index (χ3n) is 3.67. The molecule has 2 aromatic carbocycles. The predicted molar refractivity (Wildman–Crippen MR) is 83.9 cm³/mol. The first kappa shape index (κ1) is 17.5. The highest BCUT2D eigenvalue weighted by atomic mass is 32.1. The SMILES string of the molecule is OC[C@@](O)(c1nc(-c2ccc(F)cc2F)cs1)c1ccc(F)cc1F. The number of thiazole rings is 1. The lowest BCUT2D eigenvalue weighted by atomic mass is 9.94. The monoisotopic (exact) mass is 369 g/mol. The summed E-state index contributed by atoms with van der Waals surface area (Å²) in [7, 11) is 0. The molecule has 0 fully saturated rings. The molecule has 8 heteroatoms. The van der Waals surface area contributed by atoms with E-state index in [1.165, 1.54) is 11.4 Å². The maximum atomic E-state index is 14.0. The molecule has 0 spiro atoms. The van der Waals surface area contributed by atoms with E-state index in [0.717, 1.165) is 29.5 Å². The van der Waals surface area contributed by atoms with Gasteiger partial charge in [-0.1, -0.05) is 0 Å². The molecule has 2 N–H and O–H groups in total. The van der Waals surface area contributed by atoms with Gasteiger partial charge in [0.05, 0.1) is 12.3 Å². The first-order valence-electron chi connectivity index (χ1n) is 7.05. The van der Waals surface area contributed by atoms with E-state index in [9.17, 15) is 27.8 Å². The molecule has 0 aliphatic rings. The van der Waals surface area contributed by atoms with Gasteiger partial charge in [0, 0.05) is 28.6 Å². The molecule has 25 heavy (non-hydrogen) atoms. The van der Waals surface area contributed by atoms with E-state index < -0.39 is 35.5 Å². The van der Waals surface area contributed by atoms with E-state index in [4.69, 9.17) is 0 Å². The summed E-state index contributed by atoms with van der Waals surface area (Å²) in [6.07, 6.45) is 0. The molecule has 1 heterocycles. The topological polar surface area (TPSA) is 53.4 Å². The summed E-state index contributed by atoms with van der Waals surface area (Å²) in [5, 5.41) is 21.5. The number of hydrogen-bond donors (Lipinski definition) is 2. The van der Waals surface area contributed by atoms with Crippen LogP contribution in [0.5, 0.6) is 0 Å². The van der Waals surface area contributed by atoms with E-state index in [0.29, 0.717) is 12.1 Å². The van der Waals surface area contributed by atoms with E-state index in [1.807, 2.05) is 0 Å². The van der Waals surface area contributed by atoms with Crippen LogP contribution in [0.15, 0.2) is 41.8 Å². The quantitative estimate of drug-likeness (QED) is 0.691. The molecule has 3 rings (SSSR count). The number of hydrogen-bond acceptors (Lipinski definition) is 4. The molecule has 0 aliphatic heterocycles. The first-order chi connectivity index (χ1) is 11.8. The zero-order valence-corrected chi connectivity index (χ0v) is 13.3. The van der Waals surface area contributed by atoms with Crippen LogP contribution in [0.2, 0.25) is 0 Å². The summed E-state index contributed by atoms with van der Waals surface area (Å²) in [4.78, 5) is 4.04. The Morgan fingerprint density at radius 2 is 1.60 bits per heavy atom. The molecule has 0 saturated carbocycles. The maximum Gasteiger partial charge on any atom is 0.167 e. The van der Waals surface area contributed by atoms with Gasteiger partial charge in [-0.2, -0.15) is 0 Å². The van der Waals surface area contributed by atoms with Gasteiger partial charge in [0.2, 0.25) is 0 Å². The minimum absolute atomic E-state index is 0.0104. The zero-order chi connectivity index (χ0) is 18.2. The van der Waals surface area contributed by atoms with Gasteiger partial charge in [-0.3, -0.25) is 0 Å². The molecule has 3 nitrogen and oxygen atoms in total. The molecule has 0 radical (unpaired) electrons. The highest BCUT2D eigenvalue weighted by Crippen LogP contribution is 2.36. The molecule has 0 unspecified atom stereocenters. The third kappa shape index (κ3) is 3.15. The number of aliphatic hydroxyl groups is 2. The van der Waals surface area contributed by atoms with Crippen LogP contribution in [0.4, 0.5) is 17.6 Å². The van der Waals surface area contributed by atoms with Gasteiger partial charge in [-0.25, -0.2) is 22.5 Å². The summed E-state index contributed by atoms with van der Waals surface area (Å²) < 4.78 is 54.0. The molecule has 0 aliphatic carbocycles. The van der Waals surface area contributed by atoms with Crippen molar-refractivity contribution in [3.05, 3.63) is 75.6 Å². The summed E-state index contributed by atoms with van der Waals surface area (Å²) in [5.74, 6) is -3.50. The van der Waals surface area contributed by atoms with E-state index >= 15 is 0 Å². The summed E-state index contributed by atoms with van der Waals surface area (Å²) in [5.41, 5.74) is -2.51. The predicted octanol–water partition coefficient (Wildman–Crippen LogP) is 3.59. The normalized spacial score (nSPS) is 13.7. The molecule has 3 aromatic rings. The van der Waals surface area contributed by atoms with Crippen LogP contribution in [0.1, 0.15) is 10.6 Å². The van der Waals surface area contributed by atoms with Crippen LogP contribution in [0.3, 0.4) is 0 Å². The summed E-state index contributed by atoms with van der Waals surface area (Å²) in [6, 6.07) is 5.43. The van der Waals surface area contributed by atoms with Gasteiger partial charge in [-0.15, -0.1) is 11.3 Å². The fourth-order valence-electron chi connectivity index (χ4n) is 2.38. The van der Waals surface area contributed by atoms with Crippen molar-refractivity contribution in [1.82, 2.24) is 4.98 Å². The minimum Gasteiger partial charge on any atom is -0.393 e. The Morgan fingerprint density at radius 3 is 2.20 bits per heavy atom. The molecular formula is C17H11F4NO2S. The van der Waals surface area contributed by atoms with Crippen molar-refractivity contribution in [3.8, 4) is 11.3 Å². The second kappa shape index (κ2) is 6.55. The fourth-order valence-corrected chi connectivity index (χ4v) is 3.30. The number of halogens is 4. The van der Waals surface area contributed by atoms with E-state index in [2.05, 4.69) is 4.98 Å². The van der Waals surface area contributed by atoms with Gasteiger partial charge in [0.15, 0.2) is 5.60 Å². The van der Waals surface area contributed by atoms with Crippen LogP contribution < -0.4 is 0 Å². The second-order valence-electron chi connectivity index (χ2n) is 5.30. The Balaban J connectivity index is 2.07. The Bertz CT molecular complexity index is 931. The smallest absolute Gasteiger partial charge is 0.167 e. The Labute approximate surface area is 143 Å². The molecular weight excluding hydrogens is 358 g/mol. The Kier molecular flexibility index (Phi) is 4.59. The molecule has 0 bridgehead atoms. The van der Waals surface area contributed by atoms with Gasteiger partial charge >= 0.3 is 0 Å². The standard InChI is InChI=1S/C17H11F4NO2S/c18-9-1-3-11(13(20)5-9)15-7-25-16(22-15)17(24,8-23)12-4-2-10(19)6-14(12)21/h1-7,23-24H,8H2/t17-/m0/s1. The van der Waals surface area contributed by atoms with Crippen molar-refractivity contribution >= 4 is 11.3 Å². The summed E-state index contributed by atoms with van der Waals surface area (Å²) >= 11 is 0.855. The molecule has 0 amide bonds. The lowest BCUT2D eigenvalue weighted by Gasteiger charge is -2.24. The van der Waals surface area contributed by atoms with Crippen molar-refractivity contribution in [2.45, 2.75) is 5.60 Å². The van der Waals surface area contributed by atoms with Crippen LogP contribution >= 0.6 is 11.3 Å². The van der Waals surface area contributed by atoms with Crippen molar-refractivity contribution < 1.29 is 27.8 Å². The largest absolute Gasteiger partial charge is 0.393 e. The average molecular weight is 369 g/mol. The number of rotatable bonds is 4. The zero-order valence-electron chi connectivity index (χ0n) is 12.5. The minimum atomic E-state index is -2.22. The lowest BCUT2D eigenvalue weighted by molar-refractivity contribution is 0.0142. The molecule has 1 atom stereocenters. The van der Waals surface area contributed by atoms with Gasteiger partial charge in [0.25, 0.3) is 0 Å². The van der Waals surface area contributed by atoms with Gasteiger partial charge < -0.3 is 10.2 Å². The fraction of sp³-hybridized carbons (Fsp3) is 0.118.